The number of rotatable bonds is 7. The Morgan fingerprint density at radius 2 is 2.06 bits per heavy atom. The van der Waals surface area contributed by atoms with Gasteiger partial charge >= 0.3 is 5.97 Å². The molecule has 0 unspecified atom stereocenters. The van der Waals surface area contributed by atoms with E-state index in [0.717, 1.165) is 12.8 Å². The quantitative estimate of drug-likeness (QED) is 0.448. The van der Waals surface area contributed by atoms with Gasteiger partial charge in [0.2, 0.25) is 0 Å². The Labute approximate surface area is 101 Å². The second kappa shape index (κ2) is 7.44. The van der Waals surface area contributed by atoms with E-state index in [-0.39, 0.29) is 5.71 Å². The van der Waals surface area contributed by atoms with Crippen LogP contribution in [0.5, 0.6) is 0 Å². The fraction of sp³-hybridized carbons (Fsp3) is 0.385. The van der Waals surface area contributed by atoms with Crippen molar-refractivity contribution in [1.29, 1.82) is 0 Å². The molecule has 0 spiro atoms. The molecule has 1 N–H and O–H groups in total. The molecule has 0 atom stereocenters. The number of aryl methyl sites for hydroxylation is 1. The molecule has 0 amide bonds. The van der Waals surface area contributed by atoms with Gasteiger partial charge in [-0.2, -0.15) is 0 Å². The third kappa shape index (κ3) is 5.15. The molecule has 0 aliphatic rings. The number of carboxylic acids is 1. The molecule has 4 heteroatoms. The second-order valence-electron chi connectivity index (χ2n) is 3.62. The number of carboxylic acid groups (broad SMARTS) is 1. The van der Waals surface area contributed by atoms with Crippen molar-refractivity contribution in [2.24, 2.45) is 5.16 Å². The molecule has 0 saturated carbocycles. The minimum atomic E-state index is -1.02. The van der Waals surface area contributed by atoms with Crippen molar-refractivity contribution in [1.82, 2.24) is 0 Å². The highest BCUT2D eigenvalue weighted by Gasteiger charge is 2.06. The van der Waals surface area contributed by atoms with Gasteiger partial charge in [-0.05, 0) is 24.8 Å². The van der Waals surface area contributed by atoms with Crippen molar-refractivity contribution in [3.8, 4) is 0 Å². The molecule has 92 valence electrons. The Morgan fingerprint density at radius 3 is 2.65 bits per heavy atom. The minimum Gasteiger partial charge on any atom is -0.477 e. The van der Waals surface area contributed by atoms with Crippen molar-refractivity contribution >= 4 is 11.7 Å². The number of hydrogen-bond acceptors (Lipinski definition) is 3. The van der Waals surface area contributed by atoms with Gasteiger partial charge in [-0.3, -0.25) is 0 Å². The zero-order valence-electron chi connectivity index (χ0n) is 9.93. The SMILES string of the molecule is CC/C(=N/OCCCc1ccccc1)C(=O)O. The van der Waals surface area contributed by atoms with E-state index in [0.29, 0.717) is 13.0 Å². The highest BCUT2D eigenvalue weighted by Crippen LogP contribution is 2.02. The molecular formula is C13H17NO3. The van der Waals surface area contributed by atoms with E-state index in [1.165, 1.54) is 5.56 Å². The van der Waals surface area contributed by atoms with Crippen molar-refractivity contribution in [2.75, 3.05) is 6.61 Å². The summed E-state index contributed by atoms with van der Waals surface area (Å²) in [6, 6.07) is 10.1. The van der Waals surface area contributed by atoms with E-state index in [9.17, 15) is 4.79 Å². The monoisotopic (exact) mass is 235 g/mol. The molecule has 0 aliphatic carbocycles. The molecule has 1 aromatic carbocycles. The second-order valence-corrected chi connectivity index (χ2v) is 3.62. The largest absolute Gasteiger partial charge is 0.477 e. The van der Waals surface area contributed by atoms with Crippen LogP contribution in [0.4, 0.5) is 0 Å². The van der Waals surface area contributed by atoms with Gasteiger partial charge in [0.15, 0.2) is 5.71 Å². The van der Waals surface area contributed by atoms with E-state index in [4.69, 9.17) is 9.94 Å². The standard InChI is InChI=1S/C13H17NO3/c1-2-12(13(15)16)14-17-10-6-9-11-7-4-3-5-8-11/h3-5,7-8H,2,6,9-10H2,1H3,(H,15,16)/b14-12-. The molecule has 0 radical (unpaired) electrons. The van der Waals surface area contributed by atoms with Gasteiger partial charge in [0.1, 0.15) is 6.61 Å². The predicted molar refractivity (Wildman–Crippen MR) is 66.1 cm³/mol. The first kappa shape index (κ1) is 13.2. The summed E-state index contributed by atoms with van der Waals surface area (Å²) in [6.07, 6.45) is 2.10. The van der Waals surface area contributed by atoms with Gasteiger partial charge in [0.25, 0.3) is 0 Å². The van der Waals surface area contributed by atoms with Crippen molar-refractivity contribution in [3.05, 3.63) is 35.9 Å². The first-order valence-corrected chi connectivity index (χ1v) is 5.70. The van der Waals surface area contributed by atoms with Crippen LogP contribution >= 0.6 is 0 Å². The summed E-state index contributed by atoms with van der Waals surface area (Å²) >= 11 is 0. The topological polar surface area (TPSA) is 58.9 Å². The number of carbonyl (C=O) groups is 1. The number of aliphatic carboxylic acids is 1. The summed E-state index contributed by atoms with van der Waals surface area (Å²) in [7, 11) is 0. The van der Waals surface area contributed by atoms with E-state index in [1.54, 1.807) is 6.92 Å². The maximum absolute atomic E-state index is 10.6. The predicted octanol–water partition coefficient (Wildman–Crippen LogP) is 2.49. The van der Waals surface area contributed by atoms with Crippen LogP contribution in [0.1, 0.15) is 25.3 Å². The van der Waals surface area contributed by atoms with Gasteiger partial charge in [-0.15, -0.1) is 0 Å². The lowest BCUT2D eigenvalue weighted by Crippen LogP contribution is -2.12. The van der Waals surface area contributed by atoms with Crippen LogP contribution in [0.3, 0.4) is 0 Å². The zero-order valence-corrected chi connectivity index (χ0v) is 9.93. The van der Waals surface area contributed by atoms with Crippen LogP contribution in [0.15, 0.2) is 35.5 Å². The molecule has 1 aromatic rings. The first-order valence-electron chi connectivity index (χ1n) is 5.70. The van der Waals surface area contributed by atoms with E-state index >= 15 is 0 Å². The zero-order chi connectivity index (χ0) is 12.5. The third-order valence-electron chi connectivity index (χ3n) is 2.30. The lowest BCUT2D eigenvalue weighted by atomic mass is 10.1. The van der Waals surface area contributed by atoms with Crippen LogP contribution in [0, 0.1) is 0 Å². The van der Waals surface area contributed by atoms with Crippen LogP contribution in [-0.4, -0.2) is 23.4 Å². The maximum Gasteiger partial charge on any atom is 0.353 e. The summed E-state index contributed by atoms with van der Waals surface area (Å²) in [5.74, 6) is -1.02. The molecule has 0 aromatic heterocycles. The Hall–Kier alpha value is -1.84. The average molecular weight is 235 g/mol. The summed E-state index contributed by atoms with van der Waals surface area (Å²) in [5.41, 5.74) is 1.30. The van der Waals surface area contributed by atoms with Crippen LogP contribution in [0.2, 0.25) is 0 Å². The molecule has 1 rings (SSSR count). The van der Waals surface area contributed by atoms with Gasteiger partial charge in [0, 0.05) is 0 Å². The summed E-state index contributed by atoms with van der Waals surface area (Å²) in [4.78, 5) is 15.6. The highest BCUT2D eigenvalue weighted by atomic mass is 16.6. The molecule has 0 aliphatic heterocycles. The van der Waals surface area contributed by atoms with E-state index in [2.05, 4.69) is 17.3 Å². The van der Waals surface area contributed by atoms with E-state index < -0.39 is 5.97 Å². The number of benzene rings is 1. The molecule has 17 heavy (non-hydrogen) atoms. The van der Waals surface area contributed by atoms with Gasteiger partial charge < -0.3 is 9.94 Å². The number of oxime groups is 1. The third-order valence-corrected chi connectivity index (χ3v) is 2.30. The molecule has 0 saturated heterocycles. The molecule has 0 fully saturated rings. The van der Waals surface area contributed by atoms with Gasteiger partial charge in [0.05, 0.1) is 0 Å². The normalized spacial score (nSPS) is 11.2. The summed E-state index contributed by atoms with van der Waals surface area (Å²) in [6.45, 7) is 2.17. The molecule has 4 nitrogen and oxygen atoms in total. The maximum atomic E-state index is 10.6. The van der Waals surface area contributed by atoms with E-state index in [1.807, 2.05) is 18.2 Å². The minimum absolute atomic E-state index is 0.0599. The van der Waals surface area contributed by atoms with Crippen molar-refractivity contribution < 1.29 is 14.7 Å². The summed E-state index contributed by atoms with van der Waals surface area (Å²) < 4.78 is 0. The highest BCUT2D eigenvalue weighted by molar-refractivity contribution is 6.35. The van der Waals surface area contributed by atoms with Gasteiger partial charge in [-0.1, -0.05) is 42.4 Å². The van der Waals surface area contributed by atoms with Crippen molar-refractivity contribution in [2.45, 2.75) is 26.2 Å². The fourth-order valence-electron chi connectivity index (χ4n) is 1.36. The Kier molecular flexibility index (Phi) is 5.79. The Balaban J connectivity index is 2.23. The van der Waals surface area contributed by atoms with Crippen LogP contribution in [-0.2, 0) is 16.1 Å². The van der Waals surface area contributed by atoms with Crippen molar-refractivity contribution in [3.63, 3.8) is 0 Å². The number of hydrogen-bond donors (Lipinski definition) is 1. The number of nitrogens with zero attached hydrogens (tertiary/aromatic N) is 1. The lowest BCUT2D eigenvalue weighted by Gasteiger charge is -2.01. The average Bonchev–Trinajstić information content (AvgIpc) is 2.34. The van der Waals surface area contributed by atoms with Gasteiger partial charge in [-0.25, -0.2) is 4.79 Å². The summed E-state index contributed by atoms with van der Waals surface area (Å²) in [5, 5.41) is 12.3. The smallest absolute Gasteiger partial charge is 0.353 e. The van der Waals surface area contributed by atoms with Crippen LogP contribution in [0.25, 0.3) is 0 Å². The first-order chi connectivity index (χ1) is 8.24. The molecular weight excluding hydrogens is 218 g/mol. The van der Waals surface area contributed by atoms with Crippen LogP contribution < -0.4 is 0 Å². The molecule has 0 bridgehead atoms. The lowest BCUT2D eigenvalue weighted by molar-refractivity contribution is -0.129. The Bertz CT molecular complexity index is 374. The molecule has 0 heterocycles. The fourth-order valence-corrected chi connectivity index (χ4v) is 1.36. The Morgan fingerprint density at radius 1 is 1.35 bits per heavy atom.